The summed E-state index contributed by atoms with van der Waals surface area (Å²) in [5.74, 6) is 0.0838. The maximum atomic E-state index is 11.6. The molecule has 7 nitrogen and oxygen atoms in total. The van der Waals surface area contributed by atoms with E-state index in [2.05, 4.69) is 56.3 Å². The zero-order valence-corrected chi connectivity index (χ0v) is 19.7. The molecule has 1 amide bonds. The molecule has 2 heterocycles. The van der Waals surface area contributed by atoms with Crippen LogP contribution in [0.15, 0.2) is 36.5 Å². The number of rotatable bonds is 6. The Labute approximate surface area is 180 Å². The number of carboxylic acid groups (broad SMARTS) is 1. The third-order valence-corrected chi connectivity index (χ3v) is 11.1. The van der Waals surface area contributed by atoms with Gasteiger partial charge in [0, 0.05) is 25.6 Å². The topological polar surface area (TPSA) is 80.5 Å². The Kier molecular flexibility index (Phi) is 6.67. The van der Waals surface area contributed by atoms with E-state index in [1.807, 2.05) is 29.1 Å². The fourth-order valence-electron chi connectivity index (χ4n) is 3.71. The highest BCUT2D eigenvalue weighted by molar-refractivity contribution is 6.74. The summed E-state index contributed by atoms with van der Waals surface area (Å²) in [5.41, 5.74) is 2.30. The van der Waals surface area contributed by atoms with E-state index in [-0.39, 0.29) is 17.1 Å². The minimum absolute atomic E-state index is 0.0505. The zero-order chi connectivity index (χ0) is 21.9. The molecule has 0 bridgehead atoms. The van der Waals surface area contributed by atoms with Crippen LogP contribution < -0.4 is 0 Å². The maximum Gasteiger partial charge on any atom is 0.407 e. The Bertz CT molecular complexity index is 848. The SMILES string of the molecule is CC(C)(C)[Si](C)(C)O[C@H]1CN(C(=O)O)CC[C@@H]1c1cnnn1CCc1ccccc1. The first-order valence-electron chi connectivity index (χ1n) is 10.7. The number of hydrogen-bond acceptors (Lipinski definition) is 4. The molecule has 30 heavy (non-hydrogen) atoms. The molecule has 0 spiro atoms. The molecule has 1 aromatic carbocycles. The van der Waals surface area contributed by atoms with Gasteiger partial charge in [-0.25, -0.2) is 9.48 Å². The molecule has 8 heteroatoms. The van der Waals surface area contributed by atoms with E-state index in [1.54, 1.807) is 0 Å². The largest absolute Gasteiger partial charge is 0.465 e. The monoisotopic (exact) mass is 430 g/mol. The molecule has 3 rings (SSSR count). The number of likely N-dealkylation sites (tertiary alicyclic amines) is 1. The normalized spacial score (nSPS) is 20.4. The van der Waals surface area contributed by atoms with Gasteiger partial charge in [0.05, 0.1) is 18.0 Å². The molecule has 2 atom stereocenters. The van der Waals surface area contributed by atoms with E-state index in [4.69, 9.17) is 4.43 Å². The number of amides is 1. The van der Waals surface area contributed by atoms with Crippen LogP contribution in [0.3, 0.4) is 0 Å². The van der Waals surface area contributed by atoms with Crippen molar-refractivity contribution in [1.82, 2.24) is 19.9 Å². The van der Waals surface area contributed by atoms with Crippen molar-refractivity contribution in [2.75, 3.05) is 13.1 Å². The minimum atomic E-state index is -2.07. The Morgan fingerprint density at radius 3 is 2.60 bits per heavy atom. The fraction of sp³-hybridized carbons (Fsp3) is 0.591. The summed E-state index contributed by atoms with van der Waals surface area (Å²) in [6.45, 7) is 12.7. The maximum absolute atomic E-state index is 11.6. The van der Waals surface area contributed by atoms with Gasteiger partial charge in [-0.3, -0.25) is 0 Å². The third kappa shape index (κ3) is 5.10. The number of piperidine rings is 1. The lowest BCUT2D eigenvalue weighted by atomic mass is 9.91. The van der Waals surface area contributed by atoms with Crippen LogP contribution in [-0.4, -0.2) is 58.6 Å². The smallest absolute Gasteiger partial charge is 0.407 e. The highest BCUT2D eigenvalue weighted by atomic mass is 28.4. The summed E-state index contributed by atoms with van der Waals surface area (Å²) < 4.78 is 8.71. The van der Waals surface area contributed by atoms with Gasteiger partial charge >= 0.3 is 6.09 Å². The van der Waals surface area contributed by atoms with Crippen LogP contribution in [0, 0.1) is 0 Å². The summed E-state index contributed by atoms with van der Waals surface area (Å²) in [7, 11) is -2.07. The van der Waals surface area contributed by atoms with Gasteiger partial charge in [-0.1, -0.05) is 56.3 Å². The number of hydrogen-bond donors (Lipinski definition) is 1. The Balaban J connectivity index is 1.82. The molecule has 0 saturated carbocycles. The first kappa shape index (κ1) is 22.5. The average molecular weight is 431 g/mol. The Morgan fingerprint density at radius 1 is 1.27 bits per heavy atom. The first-order chi connectivity index (χ1) is 14.1. The minimum Gasteiger partial charge on any atom is -0.465 e. The Hall–Kier alpha value is -2.19. The molecule has 1 aromatic heterocycles. The van der Waals surface area contributed by atoms with Crippen molar-refractivity contribution in [3.63, 3.8) is 0 Å². The lowest BCUT2D eigenvalue weighted by Crippen LogP contribution is -2.53. The van der Waals surface area contributed by atoms with E-state index in [0.717, 1.165) is 18.7 Å². The van der Waals surface area contributed by atoms with Crippen LogP contribution in [0.25, 0.3) is 0 Å². The van der Waals surface area contributed by atoms with Gasteiger partial charge in [0.1, 0.15) is 0 Å². The molecule has 0 radical (unpaired) electrons. The average Bonchev–Trinajstić information content (AvgIpc) is 3.14. The van der Waals surface area contributed by atoms with E-state index in [0.29, 0.717) is 19.5 Å². The molecule has 1 fully saturated rings. The van der Waals surface area contributed by atoms with E-state index in [1.165, 1.54) is 10.5 Å². The molecule has 0 aliphatic carbocycles. The number of aryl methyl sites for hydroxylation is 2. The van der Waals surface area contributed by atoms with Crippen molar-refractivity contribution >= 4 is 14.4 Å². The fourth-order valence-corrected chi connectivity index (χ4v) is 5.06. The van der Waals surface area contributed by atoms with Gasteiger partial charge in [0.25, 0.3) is 0 Å². The van der Waals surface area contributed by atoms with Crippen LogP contribution in [0.1, 0.15) is 44.4 Å². The summed E-state index contributed by atoms with van der Waals surface area (Å²) in [6.07, 6.45) is 2.34. The van der Waals surface area contributed by atoms with Crippen molar-refractivity contribution in [3.8, 4) is 0 Å². The molecule has 2 aromatic rings. The predicted molar refractivity (Wildman–Crippen MR) is 119 cm³/mol. The molecular formula is C22H34N4O3Si. The van der Waals surface area contributed by atoms with Crippen molar-refractivity contribution in [2.24, 2.45) is 0 Å². The molecule has 164 valence electrons. The van der Waals surface area contributed by atoms with Crippen molar-refractivity contribution in [3.05, 3.63) is 47.8 Å². The van der Waals surface area contributed by atoms with Gasteiger partial charge in [-0.2, -0.15) is 0 Å². The molecule has 0 unspecified atom stereocenters. The van der Waals surface area contributed by atoms with E-state index >= 15 is 0 Å². The second-order valence-electron chi connectivity index (χ2n) is 9.66. The third-order valence-electron chi connectivity index (χ3n) is 6.56. The molecule has 1 aliphatic rings. The number of benzene rings is 1. The van der Waals surface area contributed by atoms with E-state index in [9.17, 15) is 9.90 Å². The van der Waals surface area contributed by atoms with Gasteiger partial charge in [-0.05, 0) is 36.5 Å². The first-order valence-corrected chi connectivity index (χ1v) is 13.6. The second-order valence-corrected chi connectivity index (χ2v) is 14.4. The van der Waals surface area contributed by atoms with Crippen molar-refractivity contribution < 1.29 is 14.3 Å². The summed E-state index contributed by atoms with van der Waals surface area (Å²) in [6, 6.07) is 10.3. The van der Waals surface area contributed by atoms with Gasteiger partial charge in [0.2, 0.25) is 0 Å². The summed E-state index contributed by atoms with van der Waals surface area (Å²) in [5, 5.41) is 18.1. The highest BCUT2D eigenvalue weighted by Crippen LogP contribution is 2.40. The molecule has 1 saturated heterocycles. The van der Waals surface area contributed by atoms with Crippen molar-refractivity contribution in [2.45, 2.75) is 70.3 Å². The molecular weight excluding hydrogens is 396 g/mol. The Morgan fingerprint density at radius 2 is 1.97 bits per heavy atom. The van der Waals surface area contributed by atoms with E-state index < -0.39 is 14.4 Å². The zero-order valence-electron chi connectivity index (χ0n) is 18.7. The van der Waals surface area contributed by atoms with Crippen LogP contribution in [0.5, 0.6) is 0 Å². The van der Waals surface area contributed by atoms with Crippen LogP contribution in [-0.2, 0) is 17.4 Å². The lowest BCUT2D eigenvalue weighted by molar-refractivity contribution is 0.0545. The lowest BCUT2D eigenvalue weighted by Gasteiger charge is -2.44. The summed E-state index contributed by atoms with van der Waals surface area (Å²) >= 11 is 0. The molecule has 1 N–H and O–H groups in total. The van der Waals surface area contributed by atoms with Gasteiger partial charge in [-0.15, -0.1) is 5.10 Å². The van der Waals surface area contributed by atoms with Crippen LogP contribution in [0.4, 0.5) is 4.79 Å². The van der Waals surface area contributed by atoms with Gasteiger partial charge in [0.15, 0.2) is 8.32 Å². The predicted octanol–water partition coefficient (Wildman–Crippen LogP) is 4.38. The number of aromatic nitrogens is 3. The molecule has 1 aliphatic heterocycles. The standard InChI is InChI=1S/C22H34N4O3Si/c1-22(2,3)30(4,5)29-20-16-25(21(27)28)13-12-18(20)19-15-23-24-26(19)14-11-17-9-7-6-8-10-17/h6-10,15,18,20H,11-14,16H2,1-5H3,(H,27,28)/t18-,20+/m1/s1. The highest BCUT2D eigenvalue weighted by Gasteiger charge is 2.44. The van der Waals surface area contributed by atoms with Crippen LogP contribution in [0.2, 0.25) is 18.1 Å². The quantitative estimate of drug-likeness (QED) is 0.688. The second kappa shape index (κ2) is 8.89. The van der Waals surface area contributed by atoms with Crippen molar-refractivity contribution in [1.29, 1.82) is 0 Å². The number of carbonyl (C=O) groups is 1. The van der Waals surface area contributed by atoms with Crippen LogP contribution >= 0.6 is 0 Å². The van der Waals surface area contributed by atoms with Gasteiger partial charge < -0.3 is 14.4 Å². The number of nitrogens with zero attached hydrogens (tertiary/aromatic N) is 4. The summed E-state index contributed by atoms with van der Waals surface area (Å²) in [4.78, 5) is 13.1.